The van der Waals surface area contributed by atoms with Crippen molar-refractivity contribution in [1.29, 1.82) is 5.26 Å². The predicted octanol–water partition coefficient (Wildman–Crippen LogP) is 7.02. The molecule has 410 valence electrons. The van der Waals surface area contributed by atoms with Gasteiger partial charge in [0.05, 0.1) is 77.3 Å². The molecule has 77 heavy (non-hydrogen) atoms. The van der Waals surface area contributed by atoms with E-state index in [9.17, 15) is 19.2 Å². The van der Waals surface area contributed by atoms with Gasteiger partial charge in [-0.1, -0.05) is 104 Å². The molecule has 15 nitrogen and oxygen atoms in total. The Hall–Kier alpha value is -5.78. The fraction of sp³-hybridized carbons (Fsp3) is 0.483. The van der Waals surface area contributed by atoms with Gasteiger partial charge in [0.15, 0.2) is 17.3 Å². The van der Waals surface area contributed by atoms with Gasteiger partial charge < -0.3 is 37.9 Å². The van der Waals surface area contributed by atoms with Crippen LogP contribution in [0.5, 0.6) is 0 Å². The largest absolute Gasteiger partial charge is 0.494 e. The Bertz CT molecular complexity index is 2670. The zero-order valence-corrected chi connectivity index (χ0v) is 44.6. The van der Waals surface area contributed by atoms with E-state index in [0.717, 1.165) is 105 Å². The number of nitriles is 1. The second-order valence-electron chi connectivity index (χ2n) is 20.7. The molecule has 4 aromatic carbocycles. The number of carbonyl (C=O) groups excluding carboxylic acids is 2. The summed E-state index contributed by atoms with van der Waals surface area (Å²) in [7, 11) is -0.383. The molecular formula is C60H76BFN6O9. The van der Waals surface area contributed by atoms with Gasteiger partial charge in [-0.05, 0) is 66.5 Å². The van der Waals surface area contributed by atoms with Crippen LogP contribution < -0.4 is 10.4 Å². The highest BCUT2D eigenvalue weighted by molar-refractivity contribution is 6.62. The van der Waals surface area contributed by atoms with Crippen molar-refractivity contribution in [3.63, 3.8) is 0 Å². The fourth-order valence-electron chi connectivity index (χ4n) is 9.13. The van der Waals surface area contributed by atoms with Crippen LogP contribution in [0, 0.1) is 17.1 Å². The standard InChI is InChI=1S/C31H34FN5O4.C28H38BNO5.CH4/c32-29-28(21-33)34-30(35-31(29)37-12-17-40-18-13-37)26-7-5-24(6-8-26)20-27(38)19-23-1-3-25(4-2-23)22-41-16-11-36-9-14-39-15-10-36;1-27(2)28(3,4)35-29(34-27)25-11-9-23(10-12-25)20-26(31)19-22-5-7-24(8-6-22)21-33-18-15-30-13-16-32-17-14-30;/h1-8H,9-20,22H2;5-12H,13-21H2,1-4H3;1H4. The molecule has 4 aliphatic rings. The maximum atomic E-state index is 14.8. The minimum Gasteiger partial charge on any atom is -0.399 e. The van der Waals surface area contributed by atoms with Gasteiger partial charge in [-0.25, -0.2) is 9.97 Å². The number of benzene rings is 4. The Balaban J connectivity index is 0.000000224. The normalized spacial score (nSPS) is 17.5. The predicted molar refractivity (Wildman–Crippen MR) is 296 cm³/mol. The van der Waals surface area contributed by atoms with Gasteiger partial charge in [0.1, 0.15) is 17.6 Å². The number of carbonyl (C=O) groups is 2. The van der Waals surface area contributed by atoms with Crippen LogP contribution in [0.1, 0.15) is 74.2 Å². The topological polar surface area (TPSA) is 158 Å². The Morgan fingerprint density at radius 3 is 1.38 bits per heavy atom. The molecule has 1 aromatic heterocycles. The summed E-state index contributed by atoms with van der Waals surface area (Å²) in [6, 6.07) is 33.2. The molecule has 4 fully saturated rings. The van der Waals surface area contributed by atoms with Gasteiger partial charge in [-0.3, -0.25) is 19.4 Å². The smallest absolute Gasteiger partial charge is 0.399 e. The Kier molecular flexibility index (Phi) is 22.0. The first-order chi connectivity index (χ1) is 36.8. The van der Waals surface area contributed by atoms with Gasteiger partial charge in [0.25, 0.3) is 0 Å². The average Bonchev–Trinajstić information content (AvgIpc) is 3.66. The molecule has 9 rings (SSSR count). The van der Waals surface area contributed by atoms with Crippen LogP contribution >= 0.6 is 0 Å². The number of anilines is 1. The van der Waals surface area contributed by atoms with E-state index in [4.69, 9.17) is 33.0 Å². The third kappa shape index (κ3) is 17.4. The molecule has 0 radical (unpaired) electrons. The number of halogens is 1. The monoisotopic (exact) mass is 1050 g/mol. The number of aromatic nitrogens is 2. The van der Waals surface area contributed by atoms with E-state index < -0.39 is 5.82 Å². The van der Waals surface area contributed by atoms with Crippen molar-refractivity contribution in [2.75, 3.05) is 110 Å². The third-order valence-electron chi connectivity index (χ3n) is 14.5. The van der Waals surface area contributed by atoms with Gasteiger partial charge in [0.2, 0.25) is 5.82 Å². The van der Waals surface area contributed by atoms with Gasteiger partial charge in [-0.15, -0.1) is 0 Å². The quantitative estimate of drug-likeness (QED) is 0.0545. The minimum atomic E-state index is -0.718. The van der Waals surface area contributed by atoms with E-state index in [1.807, 2.05) is 107 Å². The highest BCUT2D eigenvalue weighted by atomic mass is 19.1. The number of hydrogen-bond donors (Lipinski definition) is 0. The Morgan fingerprint density at radius 2 is 0.961 bits per heavy atom. The van der Waals surface area contributed by atoms with Crippen LogP contribution in [0.25, 0.3) is 11.4 Å². The highest BCUT2D eigenvalue weighted by Crippen LogP contribution is 2.36. The number of hydrogen-bond acceptors (Lipinski definition) is 15. The molecule has 0 bridgehead atoms. The summed E-state index contributed by atoms with van der Waals surface area (Å²) in [5.74, 6) is -0.0357. The maximum Gasteiger partial charge on any atom is 0.494 e. The average molecular weight is 1060 g/mol. The lowest BCUT2D eigenvalue weighted by Crippen LogP contribution is -2.41. The van der Waals surface area contributed by atoms with E-state index in [0.29, 0.717) is 84.0 Å². The van der Waals surface area contributed by atoms with Crippen molar-refractivity contribution in [2.45, 2.75) is 85.2 Å². The number of rotatable bonds is 21. The molecule has 0 aliphatic carbocycles. The fourth-order valence-corrected chi connectivity index (χ4v) is 9.13. The summed E-state index contributed by atoms with van der Waals surface area (Å²) in [5.41, 5.74) is 6.66. The highest BCUT2D eigenvalue weighted by Gasteiger charge is 2.51. The number of Topliss-reactive ketones (excluding diaryl/α,β-unsaturated/α-hetero) is 2. The molecular weight excluding hydrogens is 979 g/mol. The van der Waals surface area contributed by atoms with Gasteiger partial charge in [0, 0.05) is 83.6 Å². The van der Waals surface area contributed by atoms with Crippen LogP contribution in [0.2, 0.25) is 0 Å². The molecule has 0 N–H and O–H groups in total. The first-order valence-electron chi connectivity index (χ1n) is 26.6. The van der Waals surface area contributed by atoms with Crippen molar-refractivity contribution in [1.82, 2.24) is 19.8 Å². The van der Waals surface area contributed by atoms with Gasteiger partial charge >= 0.3 is 7.12 Å². The van der Waals surface area contributed by atoms with Crippen LogP contribution in [0.4, 0.5) is 10.2 Å². The van der Waals surface area contributed by atoms with E-state index in [1.165, 1.54) is 0 Å². The third-order valence-corrected chi connectivity index (χ3v) is 14.5. The van der Waals surface area contributed by atoms with Gasteiger partial charge in [-0.2, -0.15) is 9.65 Å². The van der Waals surface area contributed by atoms with Crippen molar-refractivity contribution >= 4 is 30.0 Å². The first kappa shape index (κ1) is 58.9. The number of morpholine rings is 3. The first-order valence-corrected chi connectivity index (χ1v) is 26.6. The second kappa shape index (κ2) is 28.7. The van der Waals surface area contributed by atoms with Crippen LogP contribution in [-0.4, -0.2) is 155 Å². The number of ketones is 2. The molecule has 5 heterocycles. The van der Waals surface area contributed by atoms with Crippen molar-refractivity contribution in [3.05, 3.63) is 142 Å². The molecule has 4 aliphatic heterocycles. The zero-order valence-electron chi connectivity index (χ0n) is 44.6. The molecule has 0 atom stereocenters. The SMILES string of the molecule is C.CC1(C)OB(c2ccc(CC(=O)Cc3ccc(COCCN4CCOCC4)cc3)cc2)OC1(C)C.N#Cc1nc(-c2ccc(CC(=O)Cc3ccc(COCCN4CCOCC4)cc3)cc2)nc(N2CCOCC2)c1F. The summed E-state index contributed by atoms with van der Waals surface area (Å²) in [6.45, 7) is 21.6. The van der Waals surface area contributed by atoms with E-state index in [1.54, 1.807) is 17.0 Å². The number of ether oxygens (including phenoxy) is 5. The van der Waals surface area contributed by atoms with E-state index in [2.05, 4.69) is 31.9 Å². The van der Waals surface area contributed by atoms with Crippen LogP contribution in [0.3, 0.4) is 0 Å². The Morgan fingerprint density at radius 1 is 0.584 bits per heavy atom. The number of nitrogens with zero attached hydrogens (tertiary/aromatic N) is 6. The summed E-state index contributed by atoms with van der Waals surface area (Å²) >= 11 is 0. The molecule has 0 spiro atoms. The lowest BCUT2D eigenvalue weighted by atomic mass is 9.78. The lowest BCUT2D eigenvalue weighted by molar-refractivity contribution is -0.118. The second-order valence-corrected chi connectivity index (χ2v) is 20.7. The van der Waals surface area contributed by atoms with Crippen molar-refractivity contribution in [2.24, 2.45) is 0 Å². The van der Waals surface area contributed by atoms with Crippen molar-refractivity contribution in [3.8, 4) is 17.5 Å². The maximum absolute atomic E-state index is 14.8. The summed E-state index contributed by atoms with van der Waals surface area (Å²) in [6.07, 6.45) is 1.47. The summed E-state index contributed by atoms with van der Waals surface area (Å²) in [4.78, 5) is 40.4. The van der Waals surface area contributed by atoms with E-state index in [-0.39, 0.29) is 54.6 Å². The molecule has 4 saturated heterocycles. The molecule has 0 saturated carbocycles. The van der Waals surface area contributed by atoms with E-state index >= 15 is 0 Å². The van der Waals surface area contributed by atoms with Crippen molar-refractivity contribution < 1.29 is 47.0 Å². The lowest BCUT2D eigenvalue weighted by Gasteiger charge is -2.32. The van der Waals surface area contributed by atoms with Crippen LogP contribution in [0.15, 0.2) is 97.1 Å². The molecule has 5 aromatic rings. The molecule has 0 amide bonds. The zero-order chi connectivity index (χ0) is 53.3. The summed E-state index contributed by atoms with van der Waals surface area (Å²) < 4.78 is 54.8. The van der Waals surface area contributed by atoms with Crippen LogP contribution in [-0.2, 0) is 81.5 Å². The minimum absolute atomic E-state index is 0. The summed E-state index contributed by atoms with van der Waals surface area (Å²) in [5, 5.41) is 9.41. The molecule has 17 heteroatoms. The molecule has 0 unspecified atom stereocenters. The Labute approximate surface area is 455 Å².